The van der Waals surface area contributed by atoms with Gasteiger partial charge in [-0.1, -0.05) is 12.1 Å². The first-order valence-corrected chi connectivity index (χ1v) is 8.59. The van der Waals surface area contributed by atoms with Gasteiger partial charge >= 0.3 is 0 Å². The van der Waals surface area contributed by atoms with Gasteiger partial charge in [0.15, 0.2) is 6.61 Å². The number of hydrogen-bond acceptors (Lipinski definition) is 5. The highest BCUT2D eigenvalue weighted by atomic mass is 16.5. The van der Waals surface area contributed by atoms with Crippen molar-refractivity contribution in [2.75, 3.05) is 6.61 Å². The van der Waals surface area contributed by atoms with E-state index in [1.807, 2.05) is 22.9 Å². The van der Waals surface area contributed by atoms with Gasteiger partial charge in [-0.05, 0) is 42.0 Å². The number of phenols is 1. The molecule has 0 fully saturated rings. The van der Waals surface area contributed by atoms with Gasteiger partial charge < -0.3 is 25.5 Å². The molecule has 0 aliphatic heterocycles. The number of benzene rings is 2. The van der Waals surface area contributed by atoms with E-state index in [0.29, 0.717) is 5.75 Å². The molecule has 4 N–H and O–H groups in total. The van der Waals surface area contributed by atoms with Crippen molar-refractivity contribution in [3.05, 3.63) is 72.8 Å². The third kappa shape index (κ3) is 5.10. The minimum absolute atomic E-state index is 0.121. The first kappa shape index (κ1) is 19.0. The van der Waals surface area contributed by atoms with Crippen LogP contribution in [0.3, 0.4) is 0 Å². The Morgan fingerprint density at radius 3 is 2.46 bits per heavy atom. The maximum atomic E-state index is 12.1. The molecule has 0 aliphatic rings. The Hall–Kier alpha value is -3.81. The Labute approximate surface area is 161 Å². The number of nitrogens with one attached hydrogen (secondary N) is 1. The summed E-state index contributed by atoms with van der Waals surface area (Å²) in [5.74, 6) is -0.462. The summed E-state index contributed by atoms with van der Waals surface area (Å²) in [6, 6.07) is 12.6. The molecule has 2 amide bonds. The van der Waals surface area contributed by atoms with Crippen LogP contribution in [0.2, 0.25) is 0 Å². The van der Waals surface area contributed by atoms with Gasteiger partial charge in [0, 0.05) is 24.5 Å². The Morgan fingerprint density at radius 1 is 1.14 bits per heavy atom. The minimum Gasteiger partial charge on any atom is -0.508 e. The van der Waals surface area contributed by atoms with E-state index >= 15 is 0 Å². The molecule has 0 spiro atoms. The molecule has 0 saturated heterocycles. The lowest BCUT2D eigenvalue weighted by Gasteiger charge is -2.16. The standard InChI is InChI=1S/C20H20N4O4/c21-20(27)18(11-14-1-5-16(25)6-2-14)23-19(26)12-28-17-7-3-15(4-8-17)24-10-9-22-13-24/h1-10,13,18,25H,11-12H2,(H2,21,27)(H,23,26). The van der Waals surface area contributed by atoms with E-state index in [2.05, 4.69) is 10.3 Å². The van der Waals surface area contributed by atoms with Gasteiger partial charge in [0.2, 0.25) is 5.91 Å². The fourth-order valence-corrected chi connectivity index (χ4v) is 2.60. The molecule has 2 aromatic carbocycles. The lowest BCUT2D eigenvalue weighted by molar-refractivity contribution is -0.128. The molecule has 0 saturated carbocycles. The van der Waals surface area contributed by atoms with Gasteiger partial charge in [-0.3, -0.25) is 9.59 Å². The highest BCUT2D eigenvalue weighted by molar-refractivity contribution is 5.87. The topological polar surface area (TPSA) is 119 Å². The largest absolute Gasteiger partial charge is 0.508 e. The van der Waals surface area contributed by atoms with Crippen LogP contribution in [0.4, 0.5) is 0 Å². The van der Waals surface area contributed by atoms with Gasteiger partial charge in [-0.25, -0.2) is 4.98 Å². The second kappa shape index (κ2) is 8.72. The third-order valence-corrected chi connectivity index (χ3v) is 4.06. The van der Waals surface area contributed by atoms with Crippen molar-refractivity contribution >= 4 is 11.8 Å². The monoisotopic (exact) mass is 380 g/mol. The lowest BCUT2D eigenvalue weighted by atomic mass is 10.1. The highest BCUT2D eigenvalue weighted by Crippen LogP contribution is 2.15. The number of hydrogen-bond donors (Lipinski definition) is 3. The molecule has 1 aromatic heterocycles. The molecule has 1 heterocycles. The maximum Gasteiger partial charge on any atom is 0.258 e. The number of aromatic hydroxyl groups is 1. The van der Waals surface area contributed by atoms with E-state index in [4.69, 9.17) is 10.5 Å². The first-order valence-electron chi connectivity index (χ1n) is 8.59. The number of phenolic OH excluding ortho intramolecular Hbond substituents is 1. The number of amides is 2. The Morgan fingerprint density at radius 2 is 1.86 bits per heavy atom. The number of carbonyl (C=O) groups is 2. The molecule has 0 bridgehead atoms. The number of carbonyl (C=O) groups excluding carboxylic acids is 2. The van der Waals surface area contributed by atoms with Crippen molar-refractivity contribution in [3.8, 4) is 17.2 Å². The molecule has 1 unspecified atom stereocenters. The summed E-state index contributed by atoms with van der Waals surface area (Å²) < 4.78 is 7.31. The van der Waals surface area contributed by atoms with Crippen molar-refractivity contribution in [2.45, 2.75) is 12.5 Å². The summed E-state index contributed by atoms with van der Waals surface area (Å²) in [6.45, 7) is -0.246. The zero-order valence-corrected chi connectivity index (χ0v) is 15.0. The smallest absolute Gasteiger partial charge is 0.258 e. The summed E-state index contributed by atoms with van der Waals surface area (Å²) in [6.07, 6.45) is 5.41. The quantitative estimate of drug-likeness (QED) is 0.542. The highest BCUT2D eigenvalue weighted by Gasteiger charge is 2.19. The second-order valence-corrected chi connectivity index (χ2v) is 6.15. The number of aromatic nitrogens is 2. The summed E-state index contributed by atoms with van der Waals surface area (Å²) in [4.78, 5) is 27.8. The van der Waals surface area contributed by atoms with Gasteiger partial charge in [0.05, 0.1) is 6.33 Å². The van der Waals surface area contributed by atoms with E-state index in [1.54, 1.807) is 36.8 Å². The first-order chi connectivity index (χ1) is 13.5. The fraction of sp³-hybridized carbons (Fsp3) is 0.150. The molecule has 8 heteroatoms. The molecule has 3 rings (SSSR count). The molecular formula is C20H20N4O4. The summed E-state index contributed by atoms with van der Waals surface area (Å²) >= 11 is 0. The van der Waals surface area contributed by atoms with E-state index in [0.717, 1.165) is 11.3 Å². The number of primary amides is 1. The Balaban J connectivity index is 1.53. The fourth-order valence-electron chi connectivity index (χ4n) is 2.60. The SMILES string of the molecule is NC(=O)C(Cc1ccc(O)cc1)NC(=O)COc1ccc(-n2ccnc2)cc1. The molecule has 8 nitrogen and oxygen atoms in total. The lowest BCUT2D eigenvalue weighted by Crippen LogP contribution is -2.47. The van der Waals surface area contributed by atoms with E-state index in [1.165, 1.54) is 12.1 Å². The van der Waals surface area contributed by atoms with Crippen molar-refractivity contribution < 1.29 is 19.4 Å². The third-order valence-electron chi connectivity index (χ3n) is 4.06. The van der Waals surface area contributed by atoms with Crippen molar-refractivity contribution in [1.82, 2.24) is 14.9 Å². The van der Waals surface area contributed by atoms with E-state index < -0.39 is 17.9 Å². The van der Waals surface area contributed by atoms with Gasteiger partial charge in [0.25, 0.3) is 5.91 Å². The van der Waals surface area contributed by atoms with Crippen LogP contribution >= 0.6 is 0 Å². The maximum absolute atomic E-state index is 12.1. The Kier molecular flexibility index (Phi) is 5.91. The number of nitrogens with zero attached hydrogens (tertiary/aromatic N) is 2. The van der Waals surface area contributed by atoms with Gasteiger partial charge in [-0.15, -0.1) is 0 Å². The summed E-state index contributed by atoms with van der Waals surface area (Å²) in [5, 5.41) is 11.9. The summed E-state index contributed by atoms with van der Waals surface area (Å²) in [7, 11) is 0. The van der Waals surface area contributed by atoms with Crippen molar-refractivity contribution in [3.63, 3.8) is 0 Å². The van der Waals surface area contributed by atoms with Crippen LogP contribution in [0.1, 0.15) is 5.56 Å². The molecular weight excluding hydrogens is 360 g/mol. The molecule has 1 atom stereocenters. The molecule has 28 heavy (non-hydrogen) atoms. The van der Waals surface area contributed by atoms with Crippen molar-refractivity contribution in [1.29, 1.82) is 0 Å². The van der Waals surface area contributed by atoms with Crippen LogP contribution < -0.4 is 15.8 Å². The molecule has 0 aliphatic carbocycles. The predicted molar refractivity (Wildman–Crippen MR) is 102 cm³/mol. The van der Waals surface area contributed by atoms with Crippen LogP contribution in [0.5, 0.6) is 11.5 Å². The summed E-state index contributed by atoms with van der Waals surface area (Å²) in [5.41, 5.74) is 7.06. The number of ether oxygens (including phenoxy) is 1. The predicted octanol–water partition coefficient (Wildman–Crippen LogP) is 1.17. The van der Waals surface area contributed by atoms with Crippen LogP contribution in [0.25, 0.3) is 5.69 Å². The zero-order chi connectivity index (χ0) is 19.9. The molecule has 0 radical (unpaired) electrons. The number of nitrogens with two attached hydrogens (primary N) is 1. The minimum atomic E-state index is -0.871. The second-order valence-electron chi connectivity index (χ2n) is 6.15. The van der Waals surface area contributed by atoms with Crippen LogP contribution in [-0.2, 0) is 16.0 Å². The Bertz CT molecular complexity index is 922. The van der Waals surface area contributed by atoms with E-state index in [9.17, 15) is 14.7 Å². The normalized spacial score (nSPS) is 11.6. The van der Waals surface area contributed by atoms with Crippen LogP contribution in [0.15, 0.2) is 67.3 Å². The molecule has 144 valence electrons. The zero-order valence-electron chi connectivity index (χ0n) is 15.0. The van der Waals surface area contributed by atoms with Crippen LogP contribution in [0, 0.1) is 0 Å². The van der Waals surface area contributed by atoms with Crippen LogP contribution in [-0.4, -0.2) is 39.1 Å². The average Bonchev–Trinajstić information content (AvgIpc) is 3.22. The van der Waals surface area contributed by atoms with Gasteiger partial charge in [-0.2, -0.15) is 0 Å². The van der Waals surface area contributed by atoms with Gasteiger partial charge in [0.1, 0.15) is 17.5 Å². The number of imidazole rings is 1. The average molecular weight is 380 g/mol. The number of rotatable bonds is 8. The molecule has 3 aromatic rings. The van der Waals surface area contributed by atoms with E-state index in [-0.39, 0.29) is 18.8 Å². The van der Waals surface area contributed by atoms with Crippen molar-refractivity contribution in [2.24, 2.45) is 5.73 Å².